The maximum atomic E-state index is 12.3. The average Bonchev–Trinajstić information content (AvgIpc) is 3.16. The lowest BCUT2D eigenvalue weighted by atomic mass is 10.0. The molecule has 0 heterocycles. The Morgan fingerprint density at radius 3 is 1.16 bits per heavy atom. The third-order valence-corrected chi connectivity index (χ3v) is 8.86. The van der Waals surface area contributed by atoms with Gasteiger partial charge in [0, 0.05) is 32.2 Å². The van der Waals surface area contributed by atoms with Crippen molar-refractivity contribution in [2.24, 2.45) is 0 Å². The molecule has 0 aromatic carbocycles. The van der Waals surface area contributed by atoms with Crippen LogP contribution in [-0.2, 0) is 52.4 Å². The number of carboxylic acid groups (broad SMARTS) is 2. The molecule has 2 amide bonds. The predicted molar refractivity (Wildman–Crippen MR) is 213 cm³/mol. The van der Waals surface area contributed by atoms with Crippen LogP contribution in [0.5, 0.6) is 0 Å². The van der Waals surface area contributed by atoms with Crippen LogP contribution in [0.25, 0.3) is 0 Å². The second-order valence-electron chi connectivity index (χ2n) is 14.0. The minimum absolute atomic E-state index is 0.0149. The topological polar surface area (TPSA) is 205 Å². The molecule has 56 heavy (non-hydrogen) atoms. The van der Waals surface area contributed by atoms with Crippen molar-refractivity contribution in [2.75, 3.05) is 85.8 Å². The van der Waals surface area contributed by atoms with Crippen LogP contribution >= 0.6 is 0 Å². The summed E-state index contributed by atoms with van der Waals surface area (Å²) in [6.07, 6.45) is 19.0. The molecule has 0 fully saturated rings. The van der Waals surface area contributed by atoms with Crippen molar-refractivity contribution in [3.8, 4) is 0 Å². The molecule has 0 rings (SSSR count). The number of hydrogen-bond donors (Lipinski definition) is 4. The summed E-state index contributed by atoms with van der Waals surface area (Å²) in [6.45, 7) is 6.83. The molecule has 15 heteroatoms. The summed E-state index contributed by atoms with van der Waals surface area (Å²) < 4.78 is 32.4. The monoisotopic (exact) mass is 805 g/mol. The SMILES string of the molecule is CC(=O)CCOCCOCCOCCOCCOCCOCCNC(=O)CCC(NC(=O)CCCCCCCCCCCCCCCCCCC(=O)O)C(=O)O. The van der Waals surface area contributed by atoms with E-state index in [0.29, 0.717) is 92.1 Å². The van der Waals surface area contributed by atoms with Crippen LogP contribution in [0.4, 0.5) is 0 Å². The molecule has 0 aliphatic heterocycles. The Hall–Kier alpha value is -2.69. The highest BCUT2D eigenvalue weighted by atomic mass is 16.6. The van der Waals surface area contributed by atoms with Gasteiger partial charge in [0.25, 0.3) is 0 Å². The smallest absolute Gasteiger partial charge is 0.326 e. The van der Waals surface area contributed by atoms with Gasteiger partial charge in [0.15, 0.2) is 0 Å². The summed E-state index contributed by atoms with van der Waals surface area (Å²) in [7, 11) is 0. The number of carbonyl (C=O) groups is 5. The second-order valence-corrected chi connectivity index (χ2v) is 14.0. The predicted octanol–water partition coefficient (Wildman–Crippen LogP) is 5.64. The number of ketones is 1. The van der Waals surface area contributed by atoms with Gasteiger partial charge in [0.1, 0.15) is 11.8 Å². The van der Waals surface area contributed by atoms with E-state index in [9.17, 15) is 29.1 Å². The number of rotatable bonds is 45. The highest BCUT2D eigenvalue weighted by molar-refractivity contribution is 5.84. The molecule has 0 spiro atoms. The molecule has 0 saturated carbocycles. The summed E-state index contributed by atoms with van der Waals surface area (Å²) in [4.78, 5) is 57.4. The number of carbonyl (C=O) groups excluding carboxylic acids is 3. The van der Waals surface area contributed by atoms with Crippen LogP contribution < -0.4 is 10.6 Å². The molecule has 15 nitrogen and oxygen atoms in total. The van der Waals surface area contributed by atoms with Crippen LogP contribution in [0, 0.1) is 0 Å². The van der Waals surface area contributed by atoms with E-state index in [0.717, 1.165) is 38.5 Å². The summed E-state index contributed by atoms with van der Waals surface area (Å²) in [5.41, 5.74) is 0. The Kier molecular flexibility index (Phi) is 39.9. The van der Waals surface area contributed by atoms with E-state index >= 15 is 0 Å². The first kappa shape index (κ1) is 53.3. The zero-order chi connectivity index (χ0) is 41.2. The maximum absolute atomic E-state index is 12.3. The van der Waals surface area contributed by atoms with Crippen LogP contribution in [-0.4, -0.2) is 132 Å². The van der Waals surface area contributed by atoms with E-state index in [-0.39, 0.29) is 49.8 Å². The lowest BCUT2D eigenvalue weighted by Gasteiger charge is -2.14. The van der Waals surface area contributed by atoms with E-state index in [1.807, 2.05) is 0 Å². The molecule has 4 N–H and O–H groups in total. The molecular formula is C41H76N2O13. The molecule has 1 atom stereocenters. The van der Waals surface area contributed by atoms with E-state index in [1.165, 1.54) is 64.7 Å². The van der Waals surface area contributed by atoms with E-state index in [4.69, 9.17) is 33.5 Å². The second kappa shape index (κ2) is 41.9. The van der Waals surface area contributed by atoms with Gasteiger partial charge in [-0.2, -0.15) is 0 Å². The third-order valence-electron chi connectivity index (χ3n) is 8.86. The Morgan fingerprint density at radius 1 is 0.429 bits per heavy atom. The van der Waals surface area contributed by atoms with Gasteiger partial charge < -0.3 is 49.3 Å². The highest BCUT2D eigenvalue weighted by Gasteiger charge is 2.20. The first-order chi connectivity index (χ1) is 27.2. The molecule has 0 aromatic heterocycles. The van der Waals surface area contributed by atoms with Crippen molar-refractivity contribution in [3.63, 3.8) is 0 Å². The third kappa shape index (κ3) is 42.5. The van der Waals surface area contributed by atoms with Gasteiger partial charge >= 0.3 is 11.9 Å². The summed E-state index contributed by atoms with van der Waals surface area (Å²) in [5, 5.41) is 23.4. The zero-order valence-electron chi connectivity index (χ0n) is 34.5. The first-order valence-corrected chi connectivity index (χ1v) is 21.2. The fourth-order valence-electron chi connectivity index (χ4n) is 5.60. The Bertz CT molecular complexity index is 970. The maximum Gasteiger partial charge on any atom is 0.326 e. The van der Waals surface area contributed by atoms with Crippen LogP contribution in [0.3, 0.4) is 0 Å². The summed E-state index contributed by atoms with van der Waals surface area (Å²) in [6, 6.07) is -1.10. The molecule has 1 unspecified atom stereocenters. The van der Waals surface area contributed by atoms with Crippen molar-refractivity contribution in [1.29, 1.82) is 0 Å². The molecule has 0 aliphatic carbocycles. The standard InChI is InChI=1S/C41H76N2O13/c1-36(44)22-24-51-26-28-53-30-32-55-34-35-56-33-31-54-29-27-52-25-23-42-38(45)21-20-37(41(49)50)43-39(46)18-16-14-12-10-8-6-4-2-3-5-7-9-11-13-15-17-19-40(47)48/h37H,2-35H2,1H3,(H,42,45)(H,43,46)(H,47,48)(H,49,50). The highest BCUT2D eigenvalue weighted by Crippen LogP contribution is 2.14. The van der Waals surface area contributed by atoms with Gasteiger partial charge in [-0.05, 0) is 26.2 Å². The van der Waals surface area contributed by atoms with Crippen LogP contribution in [0.15, 0.2) is 0 Å². The van der Waals surface area contributed by atoms with Crippen molar-refractivity contribution in [3.05, 3.63) is 0 Å². The van der Waals surface area contributed by atoms with Gasteiger partial charge in [-0.3, -0.25) is 19.2 Å². The minimum Gasteiger partial charge on any atom is -0.481 e. The molecule has 328 valence electrons. The molecule has 0 saturated heterocycles. The number of ether oxygens (including phenoxy) is 6. The molecule has 0 radical (unpaired) electrons. The number of aliphatic carboxylic acids is 2. The number of carboxylic acids is 2. The zero-order valence-corrected chi connectivity index (χ0v) is 34.5. The Balaban J connectivity index is 3.53. The van der Waals surface area contributed by atoms with Crippen molar-refractivity contribution in [1.82, 2.24) is 10.6 Å². The normalized spacial score (nSPS) is 11.7. The first-order valence-electron chi connectivity index (χ1n) is 21.2. The van der Waals surface area contributed by atoms with Gasteiger partial charge in [0.2, 0.25) is 11.8 Å². The molecule has 0 aliphatic rings. The Morgan fingerprint density at radius 2 is 0.786 bits per heavy atom. The quantitative estimate of drug-likeness (QED) is 0.0551. The van der Waals surface area contributed by atoms with Crippen molar-refractivity contribution < 1.29 is 62.6 Å². The average molecular weight is 805 g/mol. The fraction of sp³-hybridized carbons (Fsp3) is 0.878. The van der Waals surface area contributed by atoms with Crippen LogP contribution in [0.2, 0.25) is 0 Å². The van der Waals surface area contributed by atoms with Gasteiger partial charge in [0.05, 0.1) is 79.3 Å². The summed E-state index contributed by atoms with van der Waals surface area (Å²) in [5.74, 6) is -2.34. The van der Waals surface area contributed by atoms with Crippen molar-refractivity contribution in [2.45, 2.75) is 148 Å². The fourth-order valence-corrected chi connectivity index (χ4v) is 5.60. The van der Waals surface area contributed by atoms with Gasteiger partial charge in [-0.25, -0.2) is 4.79 Å². The number of Topliss-reactive ketones (excluding diaryl/α,β-unsaturated/α-hetero) is 1. The lowest BCUT2D eigenvalue weighted by Crippen LogP contribution is -2.41. The molecular weight excluding hydrogens is 728 g/mol. The number of nitrogens with one attached hydrogen (secondary N) is 2. The largest absolute Gasteiger partial charge is 0.481 e. The van der Waals surface area contributed by atoms with E-state index in [2.05, 4.69) is 10.6 Å². The van der Waals surface area contributed by atoms with Gasteiger partial charge in [-0.15, -0.1) is 0 Å². The number of unbranched alkanes of at least 4 members (excludes halogenated alkanes) is 15. The van der Waals surface area contributed by atoms with Crippen LogP contribution in [0.1, 0.15) is 142 Å². The van der Waals surface area contributed by atoms with E-state index < -0.39 is 18.0 Å². The number of hydrogen-bond acceptors (Lipinski definition) is 11. The summed E-state index contributed by atoms with van der Waals surface area (Å²) >= 11 is 0. The number of amides is 2. The Labute approximate surface area is 336 Å². The molecule has 0 bridgehead atoms. The van der Waals surface area contributed by atoms with E-state index in [1.54, 1.807) is 0 Å². The molecule has 0 aromatic rings. The lowest BCUT2D eigenvalue weighted by molar-refractivity contribution is -0.142. The minimum atomic E-state index is -1.15. The van der Waals surface area contributed by atoms with Crippen molar-refractivity contribution >= 4 is 29.5 Å². The van der Waals surface area contributed by atoms with Gasteiger partial charge in [-0.1, -0.05) is 89.9 Å².